The fourth-order valence-electron chi connectivity index (χ4n) is 2.63. The van der Waals surface area contributed by atoms with Crippen molar-refractivity contribution in [2.75, 3.05) is 6.54 Å². The van der Waals surface area contributed by atoms with Gasteiger partial charge in [-0.25, -0.2) is 0 Å². The van der Waals surface area contributed by atoms with E-state index in [4.69, 9.17) is 5.10 Å². The molecule has 2 unspecified atom stereocenters. The standard InChI is InChI=1S/C17H33N3/c1-7-10-17(6,13-18-14(3)4)12-16-9-11-20(19-16)15(5)8-2/h9,11,14-15,18H,7-8,10,12-13H2,1-6H3. The van der Waals surface area contributed by atoms with Crippen LogP contribution in [0.3, 0.4) is 0 Å². The molecule has 0 aromatic carbocycles. The molecule has 0 aliphatic carbocycles. The van der Waals surface area contributed by atoms with E-state index in [9.17, 15) is 0 Å². The van der Waals surface area contributed by atoms with Crippen LogP contribution in [0.15, 0.2) is 12.3 Å². The maximum absolute atomic E-state index is 4.76. The third-order valence-corrected chi connectivity index (χ3v) is 4.10. The second kappa shape index (κ2) is 7.82. The van der Waals surface area contributed by atoms with Gasteiger partial charge in [-0.2, -0.15) is 5.10 Å². The van der Waals surface area contributed by atoms with Crippen molar-refractivity contribution in [2.45, 2.75) is 79.3 Å². The summed E-state index contributed by atoms with van der Waals surface area (Å²) in [5, 5.41) is 8.36. The lowest BCUT2D eigenvalue weighted by Gasteiger charge is -2.30. The molecular weight excluding hydrogens is 246 g/mol. The Balaban J connectivity index is 2.71. The largest absolute Gasteiger partial charge is 0.314 e. The van der Waals surface area contributed by atoms with Gasteiger partial charge in [0, 0.05) is 24.8 Å². The molecule has 1 rings (SSSR count). The highest BCUT2D eigenvalue weighted by Crippen LogP contribution is 2.27. The molecular formula is C17H33N3. The second-order valence-electron chi connectivity index (χ2n) is 6.82. The van der Waals surface area contributed by atoms with Gasteiger partial charge >= 0.3 is 0 Å². The Hall–Kier alpha value is -0.830. The number of nitrogens with one attached hydrogen (secondary N) is 1. The van der Waals surface area contributed by atoms with Gasteiger partial charge in [0.2, 0.25) is 0 Å². The molecule has 1 aromatic heterocycles. The molecule has 0 saturated carbocycles. The minimum Gasteiger partial charge on any atom is -0.314 e. The van der Waals surface area contributed by atoms with Crippen LogP contribution in [-0.2, 0) is 6.42 Å². The minimum atomic E-state index is 0.299. The number of rotatable bonds is 9. The van der Waals surface area contributed by atoms with Crippen LogP contribution < -0.4 is 5.32 Å². The van der Waals surface area contributed by atoms with Gasteiger partial charge in [-0.15, -0.1) is 0 Å². The molecule has 0 spiro atoms. The molecule has 2 atom stereocenters. The minimum absolute atomic E-state index is 0.299. The van der Waals surface area contributed by atoms with E-state index in [2.05, 4.69) is 63.8 Å². The van der Waals surface area contributed by atoms with E-state index in [-0.39, 0.29) is 0 Å². The fraction of sp³-hybridized carbons (Fsp3) is 0.824. The van der Waals surface area contributed by atoms with Crippen molar-refractivity contribution in [3.8, 4) is 0 Å². The summed E-state index contributed by atoms with van der Waals surface area (Å²) in [5.41, 5.74) is 1.53. The summed E-state index contributed by atoms with van der Waals surface area (Å²) in [6, 6.07) is 3.23. The van der Waals surface area contributed by atoms with Crippen LogP contribution in [-0.4, -0.2) is 22.4 Å². The summed E-state index contributed by atoms with van der Waals surface area (Å²) in [6.07, 6.45) is 6.78. The summed E-state index contributed by atoms with van der Waals surface area (Å²) < 4.78 is 2.11. The highest BCUT2D eigenvalue weighted by atomic mass is 15.3. The predicted octanol–water partition coefficient (Wildman–Crippen LogP) is 4.20. The van der Waals surface area contributed by atoms with E-state index in [0.29, 0.717) is 17.5 Å². The molecule has 1 heterocycles. The lowest BCUT2D eigenvalue weighted by molar-refractivity contribution is 0.263. The highest BCUT2D eigenvalue weighted by molar-refractivity contribution is 5.04. The highest BCUT2D eigenvalue weighted by Gasteiger charge is 2.25. The Bertz CT molecular complexity index is 383. The van der Waals surface area contributed by atoms with Gasteiger partial charge in [-0.1, -0.05) is 41.0 Å². The van der Waals surface area contributed by atoms with Crippen molar-refractivity contribution in [2.24, 2.45) is 5.41 Å². The smallest absolute Gasteiger partial charge is 0.0630 e. The van der Waals surface area contributed by atoms with E-state index in [1.54, 1.807) is 0 Å². The van der Waals surface area contributed by atoms with Crippen molar-refractivity contribution in [1.29, 1.82) is 0 Å². The first-order valence-electron chi connectivity index (χ1n) is 8.17. The van der Waals surface area contributed by atoms with Crippen LogP contribution in [0.4, 0.5) is 0 Å². The van der Waals surface area contributed by atoms with E-state index < -0.39 is 0 Å². The van der Waals surface area contributed by atoms with E-state index in [0.717, 1.165) is 19.4 Å². The monoisotopic (exact) mass is 279 g/mol. The van der Waals surface area contributed by atoms with Gasteiger partial charge in [0.25, 0.3) is 0 Å². The Kier molecular flexibility index (Phi) is 6.74. The second-order valence-corrected chi connectivity index (χ2v) is 6.82. The first-order valence-corrected chi connectivity index (χ1v) is 8.17. The molecule has 116 valence electrons. The number of hydrogen-bond donors (Lipinski definition) is 1. The van der Waals surface area contributed by atoms with Gasteiger partial charge in [-0.3, -0.25) is 4.68 Å². The van der Waals surface area contributed by atoms with Crippen molar-refractivity contribution in [3.05, 3.63) is 18.0 Å². The first kappa shape index (κ1) is 17.2. The van der Waals surface area contributed by atoms with Crippen molar-refractivity contribution in [1.82, 2.24) is 15.1 Å². The van der Waals surface area contributed by atoms with Gasteiger partial charge in [0.15, 0.2) is 0 Å². The van der Waals surface area contributed by atoms with Gasteiger partial charge < -0.3 is 5.32 Å². The van der Waals surface area contributed by atoms with Crippen LogP contribution in [0, 0.1) is 5.41 Å². The molecule has 0 fully saturated rings. The topological polar surface area (TPSA) is 29.9 Å². The molecule has 0 saturated heterocycles. The first-order chi connectivity index (χ1) is 9.40. The van der Waals surface area contributed by atoms with Crippen molar-refractivity contribution in [3.63, 3.8) is 0 Å². The summed E-state index contributed by atoms with van der Waals surface area (Å²) >= 11 is 0. The summed E-state index contributed by atoms with van der Waals surface area (Å²) in [4.78, 5) is 0. The zero-order valence-corrected chi connectivity index (χ0v) is 14.2. The number of nitrogens with zero attached hydrogens (tertiary/aromatic N) is 2. The fourth-order valence-corrected chi connectivity index (χ4v) is 2.63. The third-order valence-electron chi connectivity index (χ3n) is 4.10. The Labute approximate surface area is 125 Å². The number of hydrogen-bond acceptors (Lipinski definition) is 2. The lowest BCUT2D eigenvalue weighted by Crippen LogP contribution is -2.37. The van der Waals surface area contributed by atoms with Gasteiger partial charge in [-0.05, 0) is 37.7 Å². The van der Waals surface area contributed by atoms with E-state index >= 15 is 0 Å². The Morgan fingerprint density at radius 3 is 2.55 bits per heavy atom. The quantitative estimate of drug-likeness (QED) is 0.734. The van der Waals surface area contributed by atoms with Crippen LogP contribution in [0.25, 0.3) is 0 Å². The maximum Gasteiger partial charge on any atom is 0.0630 e. The SMILES string of the molecule is CCCC(C)(CNC(C)C)Cc1ccn(C(C)CC)n1. The molecule has 0 amide bonds. The average Bonchev–Trinajstić information content (AvgIpc) is 2.84. The zero-order valence-electron chi connectivity index (χ0n) is 14.2. The lowest BCUT2D eigenvalue weighted by atomic mass is 9.81. The summed E-state index contributed by atoms with van der Waals surface area (Å²) in [6.45, 7) is 14.6. The van der Waals surface area contributed by atoms with Crippen LogP contribution in [0.2, 0.25) is 0 Å². The van der Waals surface area contributed by atoms with E-state index in [1.807, 2.05) is 0 Å². The third kappa shape index (κ3) is 5.28. The van der Waals surface area contributed by atoms with Gasteiger partial charge in [0.05, 0.1) is 5.69 Å². The molecule has 0 bridgehead atoms. The molecule has 1 aromatic rings. The molecule has 3 nitrogen and oxygen atoms in total. The predicted molar refractivity (Wildman–Crippen MR) is 87.1 cm³/mol. The molecule has 20 heavy (non-hydrogen) atoms. The van der Waals surface area contributed by atoms with Crippen LogP contribution in [0.5, 0.6) is 0 Å². The molecule has 0 aliphatic heterocycles. The maximum atomic E-state index is 4.76. The van der Waals surface area contributed by atoms with Crippen molar-refractivity contribution >= 4 is 0 Å². The average molecular weight is 279 g/mol. The summed E-state index contributed by atoms with van der Waals surface area (Å²) in [5.74, 6) is 0. The Morgan fingerprint density at radius 1 is 1.30 bits per heavy atom. The van der Waals surface area contributed by atoms with Gasteiger partial charge in [0.1, 0.15) is 0 Å². The molecule has 0 aliphatic rings. The molecule has 0 radical (unpaired) electrons. The normalized spacial score (nSPS) is 16.4. The van der Waals surface area contributed by atoms with Crippen molar-refractivity contribution < 1.29 is 0 Å². The van der Waals surface area contributed by atoms with Crippen LogP contribution in [0.1, 0.15) is 72.5 Å². The Morgan fingerprint density at radius 2 is 2.00 bits per heavy atom. The molecule has 3 heteroatoms. The zero-order chi connectivity index (χ0) is 15.2. The summed E-state index contributed by atoms with van der Waals surface area (Å²) in [7, 11) is 0. The molecule has 1 N–H and O–H groups in total. The van der Waals surface area contributed by atoms with E-state index in [1.165, 1.54) is 18.5 Å². The number of aromatic nitrogens is 2. The van der Waals surface area contributed by atoms with Crippen LogP contribution >= 0.6 is 0 Å².